The molecule has 0 amide bonds. The zero-order chi connectivity index (χ0) is 13.1. The molecular formula is C13H12F3NO. The van der Waals surface area contributed by atoms with Gasteiger partial charge in [-0.15, -0.1) is 0 Å². The van der Waals surface area contributed by atoms with Gasteiger partial charge in [-0.05, 0) is 30.5 Å². The van der Waals surface area contributed by atoms with E-state index >= 15 is 0 Å². The number of hydrogen-bond acceptors (Lipinski definition) is 2. The Kier molecular flexibility index (Phi) is 2.10. The first-order valence-corrected chi connectivity index (χ1v) is 5.84. The number of rotatable bonds is 0. The van der Waals surface area contributed by atoms with Crippen LogP contribution in [-0.2, 0) is 6.18 Å². The fourth-order valence-electron chi connectivity index (χ4n) is 2.66. The average molecular weight is 255 g/mol. The smallest absolute Gasteiger partial charge is 0.378 e. The van der Waals surface area contributed by atoms with Gasteiger partial charge in [0, 0.05) is 23.2 Å². The summed E-state index contributed by atoms with van der Waals surface area (Å²) < 4.78 is 37.7. The Balaban J connectivity index is 2.01. The molecule has 0 radical (unpaired) electrons. The highest BCUT2D eigenvalue weighted by Crippen LogP contribution is 2.52. The van der Waals surface area contributed by atoms with Crippen molar-refractivity contribution in [2.24, 2.45) is 5.92 Å². The van der Waals surface area contributed by atoms with Crippen LogP contribution in [0, 0.1) is 5.92 Å². The Hall–Kier alpha value is -1.52. The molecule has 1 heterocycles. The normalized spacial score (nSPS) is 30.0. The third kappa shape index (κ3) is 1.61. The molecule has 18 heavy (non-hydrogen) atoms. The monoisotopic (exact) mass is 255 g/mol. The number of hydrogen-bond donors (Lipinski definition) is 1. The van der Waals surface area contributed by atoms with E-state index in [9.17, 15) is 18.0 Å². The molecule has 1 aromatic carbocycles. The third-order valence-corrected chi connectivity index (χ3v) is 3.96. The van der Waals surface area contributed by atoms with Crippen LogP contribution >= 0.6 is 0 Å². The van der Waals surface area contributed by atoms with Crippen LogP contribution in [0.2, 0.25) is 0 Å². The van der Waals surface area contributed by atoms with Crippen LogP contribution in [0.15, 0.2) is 18.2 Å². The highest BCUT2D eigenvalue weighted by molar-refractivity contribution is 6.04. The molecule has 5 heteroatoms. The van der Waals surface area contributed by atoms with Crippen molar-refractivity contribution in [3.8, 4) is 0 Å². The van der Waals surface area contributed by atoms with Gasteiger partial charge >= 0.3 is 6.18 Å². The van der Waals surface area contributed by atoms with Crippen molar-refractivity contribution in [3.05, 3.63) is 29.3 Å². The lowest BCUT2D eigenvalue weighted by atomic mass is 9.92. The van der Waals surface area contributed by atoms with E-state index in [0.29, 0.717) is 18.0 Å². The molecular weight excluding hydrogens is 243 g/mol. The first-order chi connectivity index (χ1) is 8.32. The first kappa shape index (κ1) is 11.6. The topological polar surface area (TPSA) is 29.1 Å². The molecule has 1 fully saturated rings. The number of nitrogens with one attached hydrogen (secondary N) is 1. The van der Waals surface area contributed by atoms with Gasteiger partial charge in [0.1, 0.15) is 0 Å². The summed E-state index contributed by atoms with van der Waals surface area (Å²) in [5, 5.41) is 3.22. The molecule has 0 aromatic heterocycles. The van der Waals surface area contributed by atoms with Gasteiger partial charge in [-0.2, -0.15) is 13.2 Å². The molecule has 1 saturated carbocycles. The number of carbonyl (C=O) groups is 1. The van der Waals surface area contributed by atoms with Gasteiger partial charge in [-0.1, -0.05) is 6.92 Å². The van der Waals surface area contributed by atoms with Gasteiger partial charge in [0.2, 0.25) is 0 Å². The summed E-state index contributed by atoms with van der Waals surface area (Å²) in [5.41, 5.74) is -0.279. The predicted octanol–water partition coefficient (Wildman–Crippen LogP) is 3.48. The summed E-state index contributed by atoms with van der Waals surface area (Å²) in [7, 11) is 0. The Labute approximate surface area is 102 Å². The lowest BCUT2D eigenvalue weighted by Gasteiger charge is -2.27. The predicted molar refractivity (Wildman–Crippen MR) is 60.5 cm³/mol. The zero-order valence-electron chi connectivity index (χ0n) is 9.77. The number of alkyl halides is 3. The molecule has 1 unspecified atom stereocenters. The van der Waals surface area contributed by atoms with Gasteiger partial charge in [0.15, 0.2) is 5.78 Å². The fourth-order valence-corrected chi connectivity index (χ4v) is 2.66. The summed E-state index contributed by atoms with van der Waals surface area (Å²) >= 11 is 0. The van der Waals surface area contributed by atoms with Crippen molar-refractivity contribution in [1.82, 2.24) is 0 Å². The molecule has 1 aromatic rings. The van der Waals surface area contributed by atoms with Crippen LogP contribution in [0.3, 0.4) is 0 Å². The Morgan fingerprint density at radius 3 is 2.61 bits per heavy atom. The molecule has 2 nitrogen and oxygen atoms in total. The Morgan fingerprint density at radius 1 is 1.39 bits per heavy atom. The van der Waals surface area contributed by atoms with Gasteiger partial charge in [0.25, 0.3) is 0 Å². The van der Waals surface area contributed by atoms with E-state index in [1.54, 1.807) is 0 Å². The quantitative estimate of drug-likeness (QED) is 0.769. The minimum Gasteiger partial charge on any atom is -0.378 e. The number of anilines is 1. The van der Waals surface area contributed by atoms with Crippen LogP contribution in [0.4, 0.5) is 18.9 Å². The van der Waals surface area contributed by atoms with Crippen LogP contribution < -0.4 is 5.32 Å². The zero-order valence-corrected chi connectivity index (χ0v) is 9.77. The standard InChI is InChI=1S/C13H12F3NO/c1-7-5-12(7)6-11(18)9-4-8(13(14,15)16)2-3-10(9)17-12/h2-4,7,17H,5-6H2,1H3/t7-,12?/m0/s1. The Bertz CT molecular complexity index is 538. The number of carbonyl (C=O) groups excluding carboxylic acids is 1. The maximum absolute atomic E-state index is 12.6. The number of benzene rings is 1. The highest BCUT2D eigenvalue weighted by atomic mass is 19.4. The van der Waals surface area contributed by atoms with E-state index in [4.69, 9.17) is 0 Å². The van der Waals surface area contributed by atoms with Crippen molar-refractivity contribution in [2.45, 2.75) is 31.5 Å². The first-order valence-electron chi connectivity index (χ1n) is 5.84. The van der Waals surface area contributed by atoms with Crippen LogP contribution in [-0.4, -0.2) is 11.3 Å². The Morgan fingerprint density at radius 2 is 2.06 bits per heavy atom. The minimum atomic E-state index is -4.41. The molecule has 3 rings (SSSR count). The maximum Gasteiger partial charge on any atom is 0.416 e. The van der Waals surface area contributed by atoms with Gasteiger partial charge < -0.3 is 5.32 Å². The summed E-state index contributed by atoms with van der Waals surface area (Å²) in [6.07, 6.45) is -3.21. The number of Topliss-reactive ketones (excluding diaryl/α,β-unsaturated/α-hetero) is 1. The van der Waals surface area contributed by atoms with E-state index in [1.165, 1.54) is 6.07 Å². The summed E-state index contributed by atoms with van der Waals surface area (Å²) in [5.74, 6) is 0.205. The van der Waals surface area contributed by atoms with Crippen molar-refractivity contribution >= 4 is 11.5 Å². The van der Waals surface area contributed by atoms with Crippen molar-refractivity contribution in [2.75, 3.05) is 5.32 Å². The van der Waals surface area contributed by atoms with E-state index < -0.39 is 11.7 Å². The highest BCUT2D eigenvalue weighted by Gasteiger charge is 2.54. The van der Waals surface area contributed by atoms with Crippen LogP contribution in [0.5, 0.6) is 0 Å². The van der Waals surface area contributed by atoms with E-state index in [-0.39, 0.29) is 16.9 Å². The van der Waals surface area contributed by atoms with E-state index in [1.807, 2.05) is 6.92 Å². The molecule has 1 N–H and O–H groups in total. The van der Waals surface area contributed by atoms with Gasteiger partial charge in [-0.3, -0.25) is 4.79 Å². The largest absolute Gasteiger partial charge is 0.416 e. The van der Waals surface area contributed by atoms with Crippen molar-refractivity contribution in [1.29, 1.82) is 0 Å². The summed E-state index contributed by atoms with van der Waals surface area (Å²) in [4.78, 5) is 12.0. The van der Waals surface area contributed by atoms with Crippen molar-refractivity contribution in [3.63, 3.8) is 0 Å². The van der Waals surface area contributed by atoms with Gasteiger partial charge in [0.05, 0.1) is 5.56 Å². The second-order valence-corrected chi connectivity index (χ2v) is 5.24. The molecule has 1 spiro atoms. The maximum atomic E-state index is 12.6. The van der Waals surface area contributed by atoms with Gasteiger partial charge in [-0.25, -0.2) is 0 Å². The molecule has 1 aliphatic heterocycles. The molecule has 0 saturated heterocycles. The summed E-state index contributed by atoms with van der Waals surface area (Å²) in [6.45, 7) is 2.04. The fraction of sp³-hybridized carbons (Fsp3) is 0.462. The molecule has 96 valence electrons. The molecule has 2 atom stereocenters. The lowest BCUT2D eigenvalue weighted by Crippen LogP contribution is -2.33. The van der Waals surface area contributed by atoms with Crippen LogP contribution in [0.1, 0.15) is 35.7 Å². The number of fused-ring (bicyclic) bond motifs is 1. The molecule has 2 aliphatic rings. The second-order valence-electron chi connectivity index (χ2n) is 5.24. The second kappa shape index (κ2) is 3.28. The van der Waals surface area contributed by atoms with Crippen molar-refractivity contribution < 1.29 is 18.0 Å². The number of ketones is 1. The van der Waals surface area contributed by atoms with E-state index in [0.717, 1.165) is 18.6 Å². The lowest BCUT2D eigenvalue weighted by molar-refractivity contribution is -0.137. The molecule has 0 bridgehead atoms. The minimum absolute atomic E-state index is 0.162. The van der Waals surface area contributed by atoms with E-state index in [2.05, 4.69) is 5.32 Å². The van der Waals surface area contributed by atoms with Crippen LogP contribution in [0.25, 0.3) is 0 Å². The number of halogens is 3. The third-order valence-electron chi connectivity index (χ3n) is 3.96. The molecule has 1 aliphatic carbocycles. The summed E-state index contributed by atoms with van der Waals surface area (Å²) in [6, 6.07) is 3.33. The average Bonchev–Trinajstić information content (AvgIpc) is 2.85. The SMILES string of the molecule is C[C@H]1CC12CC(=O)c1cc(C(F)(F)F)ccc1N2.